The molecule has 148 valence electrons. The van der Waals surface area contributed by atoms with E-state index in [1.807, 2.05) is 13.0 Å². The fourth-order valence-corrected chi connectivity index (χ4v) is 3.29. The van der Waals surface area contributed by atoms with E-state index in [0.717, 1.165) is 0 Å². The van der Waals surface area contributed by atoms with E-state index in [9.17, 15) is 9.59 Å². The molecule has 28 heavy (non-hydrogen) atoms. The highest BCUT2D eigenvalue weighted by Crippen LogP contribution is 2.39. The molecule has 1 aliphatic heterocycles. The number of esters is 2. The number of rotatable bonds is 7. The van der Waals surface area contributed by atoms with Crippen LogP contribution in [0.2, 0.25) is 5.02 Å². The van der Waals surface area contributed by atoms with Crippen LogP contribution in [0.25, 0.3) is 0 Å². The third-order valence-electron chi connectivity index (χ3n) is 4.27. The minimum atomic E-state index is -0.682. The number of nitriles is 1. The molecule has 1 unspecified atom stereocenters. The van der Waals surface area contributed by atoms with Gasteiger partial charge in [0, 0.05) is 16.4 Å². The van der Waals surface area contributed by atoms with Crippen molar-refractivity contribution in [3.63, 3.8) is 0 Å². The molecule has 0 radical (unpaired) electrons. The van der Waals surface area contributed by atoms with Crippen molar-refractivity contribution in [3.8, 4) is 6.07 Å². The first kappa shape index (κ1) is 21.5. The van der Waals surface area contributed by atoms with E-state index in [-0.39, 0.29) is 19.6 Å². The van der Waals surface area contributed by atoms with Crippen LogP contribution in [0.1, 0.15) is 45.1 Å². The quantitative estimate of drug-likeness (QED) is 0.548. The van der Waals surface area contributed by atoms with Crippen molar-refractivity contribution in [2.45, 2.75) is 39.5 Å². The summed E-state index contributed by atoms with van der Waals surface area (Å²) in [6.07, 6.45) is 0.777. The summed E-state index contributed by atoms with van der Waals surface area (Å²) in [5.74, 6) is -1.76. The maximum atomic E-state index is 12.8. The number of halogens is 1. The molecule has 0 bridgehead atoms. The molecule has 0 fully saturated rings. The third-order valence-corrected chi connectivity index (χ3v) is 4.50. The molecule has 0 amide bonds. The molecule has 1 atom stereocenters. The predicted molar refractivity (Wildman–Crippen MR) is 105 cm³/mol. The Bertz CT molecular complexity index is 867. The van der Waals surface area contributed by atoms with Crippen LogP contribution >= 0.6 is 11.6 Å². The van der Waals surface area contributed by atoms with Gasteiger partial charge in [-0.2, -0.15) is 5.26 Å². The van der Waals surface area contributed by atoms with E-state index in [2.05, 4.69) is 5.32 Å². The average Bonchev–Trinajstić information content (AvgIpc) is 2.65. The molecule has 7 heteroatoms. The molecule has 1 aromatic rings. The Morgan fingerprint density at radius 3 is 2.29 bits per heavy atom. The summed E-state index contributed by atoms with van der Waals surface area (Å²) in [6, 6.07) is 8.94. The van der Waals surface area contributed by atoms with Crippen molar-refractivity contribution in [2.24, 2.45) is 0 Å². The molecule has 1 aromatic carbocycles. The lowest BCUT2D eigenvalue weighted by Crippen LogP contribution is -2.32. The van der Waals surface area contributed by atoms with Gasteiger partial charge in [-0.3, -0.25) is 0 Å². The first-order chi connectivity index (χ1) is 13.4. The minimum absolute atomic E-state index is 0.0211. The topological polar surface area (TPSA) is 88.4 Å². The summed E-state index contributed by atoms with van der Waals surface area (Å²) < 4.78 is 10.6. The number of hydrogen-bond donors (Lipinski definition) is 1. The van der Waals surface area contributed by atoms with Crippen LogP contribution in [0.5, 0.6) is 0 Å². The molecular formula is C21H23ClN2O4. The van der Waals surface area contributed by atoms with Crippen LogP contribution in [0.4, 0.5) is 0 Å². The van der Waals surface area contributed by atoms with Gasteiger partial charge in [0.25, 0.3) is 0 Å². The van der Waals surface area contributed by atoms with Gasteiger partial charge in [0.05, 0.1) is 36.2 Å². The monoisotopic (exact) mass is 402 g/mol. The van der Waals surface area contributed by atoms with Gasteiger partial charge >= 0.3 is 11.9 Å². The summed E-state index contributed by atoms with van der Waals surface area (Å²) in [5, 5.41) is 12.3. The van der Waals surface area contributed by atoms with Gasteiger partial charge < -0.3 is 14.8 Å². The van der Waals surface area contributed by atoms with Gasteiger partial charge in [-0.05, 0) is 38.0 Å². The van der Waals surface area contributed by atoms with Crippen LogP contribution in [0, 0.1) is 11.3 Å². The maximum absolute atomic E-state index is 12.8. The molecule has 0 saturated heterocycles. The summed E-state index contributed by atoms with van der Waals surface area (Å²) in [7, 11) is 0. The standard InChI is InChI=1S/C21H23ClN2O4/c1-4-10-27-20(25)17-13(2)24-14(3)18(21(26)28-11-6-9-23)19(17)15-7-5-8-16(22)12-15/h5,7-8,12,19,24H,4,6,10-11H2,1-3H3. The van der Waals surface area contributed by atoms with Gasteiger partial charge in [0.2, 0.25) is 0 Å². The molecule has 6 nitrogen and oxygen atoms in total. The summed E-state index contributed by atoms with van der Waals surface area (Å²) in [5.41, 5.74) is 2.51. The Morgan fingerprint density at radius 2 is 1.75 bits per heavy atom. The Hall–Kier alpha value is -2.78. The molecule has 0 aromatic heterocycles. The van der Waals surface area contributed by atoms with E-state index in [0.29, 0.717) is 39.5 Å². The third kappa shape index (κ3) is 4.93. The van der Waals surface area contributed by atoms with E-state index in [1.165, 1.54) is 0 Å². The number of allylic oxidation sites excluding steroid dienone is 2. The Kier molecular flexibility index (Phi) is 7.65. The second kappa shape index (κ2) is 9.95. The van der Waals surface area contributed by atoms with Gasteiger partial charge in [-0.1, -0.05) is 30.7 Å². The van der Waals surface area contributed by atoms with Crippen molar-refractivity contribution in [1.82, 2.24) is 5.32 Å². The van der Waals surface area contributed by atoms with E-state index >= 15 is 0 Å². The largest absolute Gasteiger partial charge is 0.462 e. The smallest absolute Gasteiger partial charge is 0.336 e. The van der Waals surface area contributed by atoms with Gasteiger partial charge in [-0.15, -0.1) is 0 Å². The zero-order chi connectivity index (χ0) is 20.7. The van der Waals surface area contributed by atoms with Crippen LogP contribution in [-0.2, 0) is 19.1 Å². The van der Waals surface area contributed by atoms with Gasteiger partial charge in [-0.25, -0.2) is 9.59 Å². The maximum Gasteiger partial charge on any atom is 0.336 e. The molecule has 0 spiro atoms. The van der Waals surface area contributed by atoms with Crippen LogP contribution in [0.15, 0.2) is 46.8 Å². The normalized spacial score (nSPS) is 16.3. The molecule has 1 aliphatic rings. The lowest BCUT2D eigenvalue weighted by molar-refractivity contribution is -0.140. The SMILES string of the molecule is CCCOC(=O)C1=C(C)NC(C)=C(C(=O)OCCC#N)C1c1cccc(Cl)c1. The van der Waals surface area contributed by atoms with E-state index in [1.54, 1.807) is 38.1 Å². The second-order valence-electron chi connectivity index (χ2n) is 6.37. The van der Waals surface area contributed by atoms with Crippen LogP contribution < -0.4 is 5.32 Å². The van der Waals surface area contributed by atoms with Crippen molar-refractivity contribution >= 4 is 23.5 Å². The number of benzene rings is 1. The predicted octanol–water partition coefficient (Wildman–Crippen LogP) is 3.98. The van der Waals surface area contributed by atoms with Crippen molar-refractivity contribution in [3.05, 3.63) is 57.4 Å². The van der Waals surface area contributed by atoms with Crippen molar-refractivity contribution in [1.29, 1.82) is 5.26 Å². The number of dihydropyridines is 1. The molecular weight excluding hydrogens is 380 g/mol. The number of ether oxygens (including phenoxy) is 2. The van der Waals surface area contributed by atoms with Gasteiger partial charge in [0.15, 0.2) is 0 Å². The molecule has 0 saturated carbocycles. The lowest BCUT2D eigenvalue weighted by atomic mass is 9.80. The molecule has 1 N–H and O–H groups in total. The number of carbonyl (C=O) groups is 2. The second-order valence-corrected chi connectivity index (χ2v) is 6.81. The first-order valence-corrected chi connectivity index (χ1v) is 9.43. The van der Waals surface area contributed by atoms with E-state index < -0.39 is 17.9 Å². The Labute approximate surface area is 169 Å². The minimum Gasteiger partial charge on any atom is -0.462 e. The highest BCUT2D eigenvalue weighted by atomic mass is 35.5. The zero-order valence-corrected chi connectivity index (χ0v) is 16.9. The molecule has 2 rings (SSSR count). The van der Waals surface area contributed by atoms with Gasteiger partial charge in [0.1, 0.15) is 6.61 Å². The van der Waals surface area contributed by atoms with Crippen molar-refractivity contribution in [2.75, 3.05) is 13.2 Å². The van der Waals surface area contributed by atoms with Crippen LogP contribution in [-0.4, -0.2) is 25.2 Å². The first-order valence-electron chi connectivity index (χ1n) is 9.05. The highest BCUT2D eigenvalue weighted by Gasteiger charge is 2.38. The Morgan fingerprint density at radius 1 is 1.14 bits per heavy atom. The lowest BCUT2D eigenvalue weighted by Gasteiger charge is -2.30. The average molecular weight is 403 g/mol. The highest BCUT2D eigenvalue weighted by molar-refractivity contribution is 6.30. The number of nitrogens with zero attached hydrogens (tertiary/aromatic N) is 1. The summed E-state index contributed by atoms with van der Waals surface area (Å²) >= 11 is 6.16. The number of nitrogens with one attached hydrogen (secondary N) is 1. The number of carbonyl (C=O) groups excluding carboxylic acids is 2. The fraction of sp³-hybridized carbons (Fsp3) is 0.381. The zero-order valence-electron chi connectivity index (χ0n) is 16.2. The van der Waals surface area contributed by atoms with Crippen LogP contribution in [0.3, 0.4) is 0 Å². The van der Waals surface area contributed by atoms with Crippen molar-refractivity contribution < 1.29 is 19.1 Å². The molecule has 1 heterocycles. The van der Waals surface area contributed by atoms with E-state index in [4.69, 9.17) is 26.3 Å². The fourth-order valence-electron chi connectivity index (χ4n) is 3.09. The Balaban J connectivity index is 2.52. The summed E-state index contributed by atoms with van der Waals surface area (Å²) in [6.45, 7) is 5.68. The number of hydrogen-bond acceptors (Lipinski definition) is 6. The summed E-state index contributed by atoms with van der Waals surface area (Å²) in [4.78, 5) is 25.6. The molecule has 0 aliphatic carbocycles.